The molecule has 1 aliphatic rings. The van der Waals surface area contributed by atoms with E-state index in [1.807, 2.05) is 14.0 Å². The smallest absolute Gasteiger partial charge is 0.190 e. The van der Waals surface area contributed by atoms with Gasteiger partial charge in [0, 0.05) is 37.6 Å². The van der Waals surface area contributed by atoms with E-state index in [2.05, 4.69) is 32.9 Å². The molecule has 1 aliphatic carbocycles. The summed E-state index contributed by atoms with van der Waals surface area (Å²) >= 11 is 1.76. The van der Waals surface area contributed by atoms with Crippen molar-refractivity contribution in [2.24, 2.45) is 10.4 Å². The van der Waals surface area contributed by atoms with Crippen molar-refractivity contribution >= 4 is 17.3 Å². The fourth-order valence-electron chi connectivity index (χ4n) is 2.79. The molecule has 0 spiro atoms. The number of aromatic nitrogens is 1. The van der Waals surface area contributed by atoms with Gasteiger partial charge < -0.3 is 10.6 Å². The number of thiazole rings is 1. The van der Waals surface area contributed by atoms with Crippen molar-refractivity contribution in [3.63, 3.8) is 0 Å². The Morgan fingerprint density at radius 1 is 1.43 bits per heavy atom. The molecule has 0 aliphatic heterocycles. The third-order valence-electron chi connectivity index (χ3n) is 4.55. The van der Waals surface area contributed by atoms with E-state index < -0.39 is 0 Å². The summed E-state index contributed by atoms with van der Waals surface area (Å²) < 4.78 is 0. The molecular formula is C16H28N4S. The van der Waals surface area contributed by atoms with E-state index in [1.54, 1.807) is 11.3 Å². The molecule has 5 heteroatoms. The van der Waals surface area contributed by atoms with Crippen LogP contribution in [0.3, 0.4) is 0 Å². The highest BCUT2D eigenvalue weighted by Gasteiger charge is 2.34. The van der Waals surface area contributed by atoms with Crippen molar-refractivity contribution in [1.82, 2.24) is 15.6 Å². The van der Waals surface area contributed by atoms with Crippen LogP contribution in [0.2, 0.25) is 0 Å². The van der Waals surface area contributed by atoms with Gasteiger partial charge in [-0.3, -0.25) is 4.99 Å². The van der Waals surface area contributed by atoms with Gasteiger partial charge in [-0.15, -0.1) is 11.3 Å². The number of aryl methyl sites for hydroxylation is 2. The summed E-state index contributed by atoms with van der Waals surface area (Å²) in [6, 6.07) is 0. The molecule has 1 aromatic rings. The van der Waals surface area contributed by atoms with Gasteiger partial charge in [0.2, 0.25) is 0 Å². The van der Waals surface area contributed by atoms with E-state index in [9.17, 15) is 0 Å². The third kappa shape index (κ3) is 4.70. The number of rotatable bonds is 7. The molecule has 0 bridgehead atoms. The van der Waals surface area contributed by atoms with Crippen LogP contribution in [0, 0.1) is 12.3 Å². The maximum absolute atomic E-state index is 4.49. The Morgan fingerprint density at radius 3 is 2.76 bits per heavy atom. The molecule has 2 N–H and O–H groups in total. The Labute approximate surface area is 132 Å². The molecule has 1 fully saturated rings. The van der Waals surface area contributed by atoms with E-state index in [0.717, 1.165) is 37.6 Å². The normalized spacial score (nSPS) is 17.4. The zero-order valence-electron chi connectivity index (χ0n) is 13.5. The Hall–Kier alpha value is -1.10. The molecule has 0 atom stereocenters. The molecule has 1 heterocycles. The van der Waals surface area contributed by atoms with Gasteiger partial charge in [-0.25, -0.2) is 4.98 Å². The average Bonchev–Trinajstić information content (AvgIpc) is 2.86. The maximum Gasteiger partial charge on any atom is 0.190 e. The van der Waals surface area contributed by atoms with E-state index in [4.69, 9.17) is 0 Å². The summed E-state index contributed by atoms with van der Waals surface area (Å²) in [6.45, 7) is 6.34. The zero-order chi connectivity index (χ0) is 15.1. The molecule has 118 valence electrons. The fourth-order valence-corrected chi connectivity index (χ4v) is 3.61. The highest BCUT2D eigenvalue weighted by Crippen LogP contribution is 2.42. The lowest BCUT2D eigenvalue weighted by Crippen LogP contribution is -2.46. The lowest BCUT2D eigenvalue weighted by Gasteiger charge is -2.41. The van der Waals surface area contributed by atoms with Gasteiger partial charge in [0.25, 0.3) is 0 Å². The Kier molecular flexibility index (Phi) is 6.03. The highest BCUT2D eigenvalue weighted by atomic mass is 32.1. The first-order valence-electron chi connectivity index (χ1n) is 8.03. The first-order chi connectivity index (χ1) is 10.2. The average molecular weight is 308 g/mol. The van der Waals surface area contributed by atoms with E-state index in [0.29, 0.717) is 5.41 Å². The molecule has 0 radical (unpaired) electrons. The summed E-state index contributed by atoms with van der Waals surface area (Å²) in [5, 5.41) is 10.2. The van der Waals surface area contributed by atoms with Crippen molar-refractivity contribution in [3.05, 3.63) is 16.1 Å². The number of nitrogens with zero attached hydrogens (tertiary/aromatic N) is 2. The van der Waals surface area contributed by atoms with Crippen LogP contribution in [0.1, 0.15) is 49.7 Å². The fraction of sp³-hybridized carbons (Fsp3) is 0.750. The first-order valence-corrected chi connectivity index (χ1v) is 8.91. The largest absolute Gasteiger partial charge is 0.356 e. The molecule has 4 nitrogen and oxygen atoms in total. The molecule has 0 amide bonds. The third-order valence-corrected chi connectivity index (χ3v) is 5.57. The number of nitrogens with one attached hydrogen (secondary N) is 2. The Balaban J connectivity index is 1.63. The van der Waals surface area contributed by atoms with Gasteiger partial charge in [0.1, 0.15) is 0 Å². The van der Waals surface area contributed by atoms with Gasteiger partial charge in [0.15, 0.2) is 5.96 Å². The van der Waals surface area contributed by atoms with Gasteiger partial charge in [-0.2, -0.15) is 0 Å². The number of guanidine groups is 1. The molecule has 0 saturated heterocycles. The SMILES string of the molecule is CCC1(CNC(=NC)NCCCc2nc(C)cs2)CCC1. The summed E-state index contributed by atoms with van der Waals surface area (Å²) in [6.07, 6.45) is 7.50. The summed E-state index contributed by atoms with van der Waals surface area (Å²) in [5.41, 5.74) is 1.65. The van der Waals surface area contributed by atoms with Crippen molar-refractivity contribution in [2.75, 3.05) is 20.1 Å². The van der Waals surface area contributed by atoms with E-state index in [-0.39, 0.29) is 0 Å². The minimum atomic E-state index is 0.524. The van der Waals surface area contributed by atoms with Crippen molar-refractivity contribution in [1.29, 1.82) is 0 Å². The van der Waals surface area contributed by atoms with Gasteiger partial charge >= 0.3 is 0 Å². The zero-order valence-corrected chi connectivity index (χ0v) is 14.4. The van der Waals surface area contributed by atoms with E-state index in [1.165, 1.54) is 30.7 Å². The number of hydrogen-bond donors (Lipinski definition) is 2. The van der Waals surface area contributed by atoms with Gasteiger partial charge in [-0.05, 0) is 38.0 Å². The van der Waals surface area contributed by atoms with Crippen LogP contribution in [0.4, 0.5) is 0 Å². The van der Waals surface area contributed by atoms with Crippen LogP contribution in [0.25, 0.3) is 0 Å². The minimum Gasteiger partial charge on any atom is -0.356 e. The summed E-state index contributed by atoms with van der Waals surface area (Å²) in [7, 11) is 1.85. The highest BCUT2D eigenvalue weighted by molar-refractivity contribution is 7.09. The predicted octanol–water partition coefficient (Wildman–Crippen LogP) is 3.13. The quantitative estimate of drug-likeness (QED) is 0.462. The van der Waals surface area contributed by atoms with Crippen LogP contribution in [0.15, 0.2) is 10.4 Å². The predicted molar refractivity (Wildman–Crippen MR) is 91.1 cm³/mol. The Bertz CT molecular complexity index is 457. The molecule has 0 unspecified atom stereocenters. The molecule has 0 aromatic carbocycles. The molecule has 2 rings (SSSR count). The standard InChI is InChI=1S/C16H28N4S/c1-4-16(8-6-9-16)12-19-15(17-3)18-10-5-7-14-20-13(2)11-21-14/h11H,4-10,12H2,1-3H3,(H2,17,18,19). The Morgan fingerprint density at radius 2 is 2.24 bits per heavy atom. The second-order valence-corrected chi connectivity index (χ2v) is 6.99. The molecule has 21 heavy (non-hydrogen) atoms. The van der Waals surface area contributed by atoms with Crippen LogP contribution < -0.4 is 10.6 Å². The van der Waals surface area contributed by atoms with Crippen LogP contribution >= 0.6 is 11.3 Å². The molecule has 1 saturated carbocycles. The maximum atomic E-state index is 4.49. The van der Waals surface area contributed by atoms with Gasteiger partial charge in [0.05, 0.1) is 5.01 Å². The second kappa shape index (κ2) is 7.78. The minimum absolute atomic E-state index is 0.524. The lowest BCUT2D eigenvalue weighted by molar-refractivity contribution is 0.131. The first kappa shape index (κ1) is 16.3. The van der Waals surface area contributed by atoms with Crippen molar-refractivity contribution in [2.45, 2.75) is 52.4 Å². The summed E-state index contributed by atoms with van der Waals surface area (Å²) in [5.74, 6) is 0.935. The monoisotopic (exact) mass is 308 g/mol. The number of hydrogen-bond acceptors (Lipinski definition) is 3. The van der Waals surface area contributed by atoms with Crippen molar-refractivity contribution < 1.29 is 0 Å². The van der Waals surface area contributed by atoms with Crippen LogP contribution in [-0.2, 0) is 6.42 Å². The van der Waals surface area contributed by atoms with Gasteiger partial charge in [-0.1, -0.05) is 13.3 Å². The van der Waals surface area contributed by atoms with Crippen LogP contribution in [0.5, 0.6) is 0 Å². The number of aliphatic imine (C=N–C) groups is 1. The van der Waals surface area contributed by atoms with Crippen LogP contribution in [-0.4, -0.2) is 31.1 Å². The van der Waals surface area contributed by atoms with Crippen molar-refractivity contribution in [3.8, 4) is 0 Å². The summed E-state index contributed by atoms with van der Waals surface area (Å²) in [4.78, 5) is 8.80. The topological polar surface area (TPSA) is 49.3 Å². The second-order valence-electron chi connectivity index (χ2n) is 6.05. The lowest BCUT2D eigenvalue weighted by atomic mass is 9.67. The molecule has 1 aromatic heterocycles. The van der Waals surface area contributed by atoms with E-state index >= 15 is 0 Å². The molecular weight excluding hydrogens is 280 g/mol.